The van der Waals surface area contributed by atoms with Gasteiger partial charge in [-0.2, -0.15) is 0 Å². The molecule has 0 amide bonds. The van der Waals surface area contributed by atoms with Crippen molar-refractivity contribution < 1.29 is 4.42 Å². The van der Waals surface area contributed by atoms with E-state index in [4.69, 9.17) is 19.4 Å². The molecule has 0 fully saturated rings. The maximum atomic E-state index is 6.90. The van der Waals surface area contributed by atoms with Crippen molar-refractivity contribution in [2.75, 3.05) is 0 Å². The summed E-state index contributed by atoms with van der Waals surface area (Å²) >= 11 is 1.85. The molecule has 5 nitrogen and oxygen atoms in total. The van der Waals surface area contributed by atoms with E-state index in [1.54, 1.807) is 0 Å². The Labute approximate surface area is 330 Å². The number of hydrogen-bond donors (Lipinski definition) is 0. The van der Waals surface area contributed by atoms with Crippen molar-refractivity contribution in [3.05, 3.63) is 182 Å². The molecule has 57 heavy (non-hydrogen) atoms. The molecule has 0 atom stereocenters. The zero-order valence-corrected chi connectivity index (χ0v) is 31.2. The number of furan rings is 1. The number of thiophene rings is 1. The first kappa shape index (κ1) is 31.9. The summed E-state index contributed by atoms with van der Waals surface area (Å²) in [5.41, 5.74) is 9.78. The van der Waals surface area contributed by atoms with Gasteiger partial charge in [-0.15, -0.1) is 11.3 Å². The van der Waals surface area contributed by atoms with Crippen LogP contribution in [0.5, 0.6) is 0 Å². The fraction of sp³-hybridized carbons (Fsp3) is 0. The first-order valence-electron chi connectivity index (χ1n) is 19.0. The summed E-state index contributed by atoms with van der Waals surface area (Å²) in [6, 6.07) is 63.7. The quantitative estimate of drug-likeness (QED) is 0.176. The molecule has 4 aromatic heterocycles. The molecule has 4 heterocycles. The van der Waals surface area contributed by atoms with Gasteiger partial charge in [-0.1, -0.05) is 127 Å². The van der Waals surface area contributed by atoms with Crippen molar-refractivity contribution in [2.45, 2.75) is 0 Å². The average Bonchev–Trinajstić information content (AvgIpc) is 3.94. The monoisotopic (exact) mass is 746 g/mol. The molecule has 12 aromatic rings. The molecule has 0 saturated carbocycles. The Morgan fingerprint density at radius 1 is 0.386 bits per heavy atom. The molecule has 6 heteroatoms. The van der Waals surface area contributed by atoms with E-state index < -0.39 is 0 Å². The SMILES string of the molecule is c1ccc(-c2cc(-c3nc(-c4ccccc4)nc(-c4ccccc4)n3)c3c(c2)oc2cc(-n4c5ccccc5c5cc6c(cc54)sc4ccccc46)ccc23)cc1. The van der Waals surface area contributed by atoms with Crippen LogP contribution in [-0.4, -0.2) is 19.5 Å². The Kier molecular flexibility index (Phi) is 7.03. The normalized spacial score (nSPS) is 11.9. The number of benzene rings is 8. The Morgan fingerprint density at radius 2 is 1.02 bits per heavy atom. The molecule has 0 aliphatic carbocycles. The van der Waals surface area contributed by atoms with Gasteiger partial charge in [-0.05, 0) is 59.7 Å². The molecule has 266 valence electrons. The van der Waals surface area contributed by atoms with E-state index in [-0.39, 0.29) is 0 Å². The summed E-state index contributed by atoms with van der Waals surface area (Å²) in [6.45, 7) is 0. The molecule has 0 radical (unpaired) electrons. The summed E-state index contributed by atoms with van der Waals surface area (Å²) < 4.78 is 11.9. The Bertz CT molecular complexity index is 3460. The highest BCUT2D eigenvalue weighted by molar-refractivity contribution is 7.25. The van der Waals surface area contributed by atoms with Gasteiger partial charge in [0.2, 0.25) is 0 Å². The number of rotatable bonds is 5. The van der Waals surface area contributed by atoms with Crippen molar-refractivity contribution in [2.24, 2.45) is 0 Å². The lowest BCUT2D eigenvalue weighted by Crippen LogP contribution is -2.00. The van der Waals surface area contributed by atoms with Crippen LogP contribution in [0.1, 0.15) is 0 Å². The van der Waals surface area contributed by atoms with Gasteiger partial charge in [0, 0.05) is 70.2 Å². The average molecular weight is 747 g/mol. The zero-order valence-electron chi connectivity index (χ0n) is 30.4. The van der Waals surface area contributed by atoms with Gasteiger partial charge in [0.1, 0.15) is 11.2 Å². The molecule has 0 aliphatic heterocycles. The van der Waals surface area contributed by atoms with Crippen molar-refractivity contribution in [1.82, 2.24) is 19.5 Å². The van der Waals surface area contributed by atoms with Crippen LogP contribution in [-0.2, 0) is 0 Å². The smallest absolute Gasteiger partial charge is 0.164 e. The largest absolute Gasteiger partial charge is 0.456 e. The minimum atomic E-state index is 0.590. The Morgan fingerprint density at radius 3 is 1.75 bits per heavy atom. The lowest BCUT2D eigenvalue weighted by molar-refractivity contribution is 0.669. The van der Waals surface area contributed by atoms with Crippen LogP contribution in [0.25, 0.3) is 115 Å². The van der Waals surface area contributed by atoms with E-state index >= 15 is 0 Å². The summed E-state index contributed by atoms with van der Waals surface area (Å²) in [7, 11) is 0. The second kappa shape index (κ2) is 12.6. The molecule has 0 bridgehead atoms. The minimum absolute atomic E-state index is 0.590. The first-order valence-corrected chi connectivity index (χ1v) is 19.8. The van der Waals surface area contributed by atoms with Gasteiger partial charge in [-0.3, -0.25) is 0 Å². The van der Waals surface area contributed by atoms with Gasteiger partial charge < -0.3 is 8.98 Å². The standard InChI is InChI=1S/C51H30N4OS/c1-4-14-31(15-5-1)34-26-41(51-53-49(32-16-6-2-7-17-32)52-50(54-51)33-18-8-3-9-19-33)48-38-25-24-35(28-44(38)56-45(48)27-34)55-42-22-12-10-20-36(42)39-29-40-37-21-11-13-23-46(37)57-47(40)30-43(39)55/h1-30H. The predicted molar refractivity (Wildman–Crippen MR) is 236 cm³/mol. The molecule has 0 saturated heterocycles. The van der Waals surface area contributed by atoms with E-state index in [0.29, 0.717) is 17.5 Å². The van der Waals surface area contributed by atoms with Gasteiger partial charge >= 0.3 is 0 Å². The Hall–Kier alpha value is -7.41. The van der Waals surface area contributed by atoms with Crippen LogP contribution in [0, 0.1) is 0 Å². The van der Waals surface area contributed by atoms with Crippen LogP contribution in [0.2, 0.25) is 0 Å². The number of para-hydroxylation sites is 1. The molecule has 8 aromatic carbocycles. The van der Waals surface area contributed by atoms with Gasteiger partial charge in [0.15, 0.2) is 17.5 Å². The van der Waals surface area contributed by atoms with E-state index in [1.165, 1.54) is 36.5 Å². The molecular formula is C51H30N4OS. The second-order valence-electron chi connectivity index (χ2n) is 14.4. The van der Waals surface area contributed by atoms with E-state index in [9.17, 15) is 0 Å². The molecular weight excluding hydrogens is 717 g/mol. The number of fused-ring (bicyclic) bond motifs is 9. The summed E-state index contributed by atoms with van der Waals surface area (Å²) in [4.78, 5) is 15.3. The third-order valence-electron chi connectivity index (χ3n) is 11.0. The number of aromatic nitrogens is 4. The van der Waals surface area contributed by atoms with E-state index in [0.717, 1.165) is 61.0 Å². The number of nitrogens with zero attached hydrogens (tertiary/aromatic N) is 4. The molecule has 0 spiro atoms. The summed E-state index contributed by atoms with van der Waals surface area (Å²) in [5, 5.41) is 7.02. The summed E-state index contributed by atoms with van der Waals surface area (Å²) in [5.74, 6) is 1.82. The third kappa shape index (κ3) is 5.12. The van der Waals surface area contributed by atoms with Crippen LogP contribution < -0.4 is 0 Å². The Balaban J connectivity index is 1.11. The molecule has 0 N–H and O–H groups in total. The fourth-order valence-corrected chi connectivity index (χ4v) is 9.52. The minimum Gasteiger partial charge on any atom is -0.456 e. The van der Waals surface area contributed by atoms with E-state index in [1.807, 2.05) is 78.1 Å². The van der Waals surface area contributed by atoms with Crippen LogP contribution in [0.15, 0.2) is 186 Å². The second-order valence-corrected chi connectivity index (χ2v) is 15.5. The van der Waals surface area contributed by atoms with Crippen molar-refractivity contribution >= 4 is 75.3 Å². The van der Waals surface area contributed by atoms with Crippen molar-refractivity contribution in [1.29, 1.82) is 0 Å². The van der Waals surface area contributed by atoms with Crippen LogP contribution in [0.3, 0.4) is 0 Å². The first-order chi connectivity index (χ1) is 28.2. The van der Waals surface area contributed by atoms with Gasteiger partial charge in [0.05, 0.1) is 11.0 Å². The maximum Gasteiger partial charge on any atom is 0.164 e. The highest BCUT2D eigenvalue weighted by Crippen LogP contribution is 2.43. The molecule has 0 unspecified atom stereocenters. The molecule has 0 aliphatic rings. The third-order valence-corrected chi connectivity index (χ3v) is 12.2. The predicted octanol–water partition coefficient (Wildman–Crippen LogP) is 13.9. The number of hydrogen-bond acceptors (Lipinski definition) is 5. The van der Waals surface area contributed by atoms with Crippen molar-refractivity contribution in [3.8, 4) is 51.0 Å². The highest BCUT2D eigenvalue weighted by atomic mass is 32.1. The van der Waals surface area contributed by atoms with Crippen LogP contribution in [0.4, 0.5) is 0 Å². The maximum absolute atomic E-state index is 6.90. The van der Waals surface area contributed by atoms with E-state index in [2.05, 4.69) is 120 Å². The van der Waals surface area contributed by atoms with Crippen molar-refractivity contribution in [3.63, 3.8) is 0 Å². The highest BCUT2D eigenvalue weighted by Gasteiger charge is 2.21. The van der Waals surface area contributed by atoms with Gasteiger partial charge in [0.25, 0.3) is 0 Å². The fourth-order valence-electron chi connectivity index (χ4n) is 8.40. The lowest BCUT2D eigenvalue weighted by atomic mass is 9.98. The lowest BCUT2D eigenvalue weighted by Gasteiger charge is -2.11. The topological polar surface area (TPSA) is 56.7 Å². The molecule has 12 rings (SSSR count). The zero-order chi connectivity index (χ0) is 37.5. The van der Waals surface area contributed by atoms with Crippen LogP contribution >= 0.6 is 11.3 Å². The summed E-state index contributed by atoms with van der Waals surface area (Å²) in [6.07, 6.45) is 0. The van der Waals surface area contributed by atoms with Gasteiger partial charge in [-0.25, -0.2) is 15.0 Å².